The van der Waals surface area contributed by atoms with Gasteiger partial charge in [-0.25, -0.2) is 4.79 Å². The van der Waals surface area contributed by atoms with Crippen molar-refractivity contribution in [2.45, 2.75) is 20.0 Å². The highest BCUT2D eigenvalue weighted by Gasteiger charge is 2.24. The fourth-order valence-electron chi connectivity index (χ4n) is 1.77. The van der Waals surface area contributed by atoms with E-state index in [9.17, 15) is 9.90 Å². The molecule has 0 bridgehead atoms. The molecule has 1 atom stereocenters. The van der Waals surface area contributed by atoms with Crippen LogP contribution in [0.1, 0.15) is 37.5 Å². The highest BCUT2D eigenvalue weighted by molar-refractivity contribution is 7.12. The first-order valence-electron chi connectivity index (χ1n) is 5.06. The van der Waals surface area contributed by atoms with Crippen molar-refractivity contribution in [2.75, 3.05) is 0 Å². The normalized spacial score (nSPS) is 12.6. The lowest BCUT2D eigenvalue weighted by Gasteiger charge is -2.08. The molecule has 0 aliphatic rings. The second-order valence-electron chi connectivity index (χ2n) is 3.77. The first-order chi connectivity index (χ1) is 8.00. The van der Waals surface area contributed by atoms with E-state index in [0.717, 1.165) is 9.75 Å². The molecule has 17 heavy (non-hydrogen) atoms. The van der Waals surface area contributed by atoms with E-state index < -0.39 is 12.1 Å². The number of furan rings is 1. The Morgan fingerprint density at radius 2 is 2.18 bits per heavy atom. The first-order valence-corrected chi connectivity index (χ1v) is 5.88. The highest BCUT2D eigenvalue weighted by Crippen LogP contribution is 2.32. The van der Waals surface area contributed by atoms with Gasteiger partial charge in [0.1, 0.15) is 11.7 Å². The van der Waals surface area contributed by atoms with Crippen LogP contribution in [-0.2, 0) is 0 Å². The summed E-state index contributed by atoms with van der Waals surface area (Å²) in [4.78, 5) is 13.0. The summed E-state index contributed by atoms with van der Waals surface area (Å²) in [5.74, 6) is -1.02. The summed E-state index contributed by atoms with van der Waals surface area (Å²) in [7, 11) is 0. The molecule has 0 radical (unpaired) electrons. The molecule has 4 nitrogen and oxygen atoms in total. The predicted molar refractivity (Wildman–Crippen MR) is 63.5 cm³/mol. The standard InChI is InChI=1S/C12H12O4S/c1-6-5-9(7(2)17-6)10(13)11-8(12(14)15)3-4-16-11/h3-5,10,13H,1-2H3,(H,14,15). The van der Waals surface area contributed by atoms with Gasteiger partial charge in [0.15, 0.2) is 5.76 Å². The largest absolute Gasteiger partial charge is 0.478 e. The number of hydrogen-bond donors (Lipinski definition) is 2. The Hall–Kier alpha value is -1.59. The number of carboxylic acid groups (broad SMARTS) is 1. The average Bonchev–Trinajstić information content (AvgIpc) is 2.83. The minimum atomic E-state index is -1.10. The predicted octanol–water partition coefficient (Wildman–Crippen LogP) is 2.74. The number of aryl methyl sites for hydroxylation is 2. The molecule has 2 heterocycles. The van der Waals surface area contributed by atoms with E-state index in [4.69, 9.17) is 9.52 Å². The summed E-state index contributed by atoms with van der Waals surface area (Å²) in [5, 5.41) is 19.1. The third-order valence-corrected chi connectivity index (χ3v) is 3.53. The Bertz CT molecular complexity index is 553. The molecule has 2 rings (SSSR count). The van der Waals surface area contributed by atoms with Crippen LogP contribution in [0.4, 0.5) is 0 Å². The Kier molecular flexibility index (Phi) is 3.04. The maximum Gasteiger partial charge on any atom is 0.339 e. The number of carboxylic acids is 1. The van der Waals surface area contributed by atoms with Crippen LogP contribution in [0.2, 0.25) is 0 Å². The SMILES string of the molecule is Cc1cc(C(O)c2occc2C(=O)O)c(C)s1. The van der Waals surface area contributed by atoms with Gasteiger partial charge in [-0.15, -0.1) is 11.3 Å². The van der Waals surface area contributed by atoms with Crippen LogP contribution in [0.5, 0.6) is 0 Å². The number of aliphatic hydroxyl groups is 1. The number of aliphatic hydroxyl groups excluding tert-OH is 1. The average molecular weight is 252 g/mol. The molecular weight excluding hydrogens is 240 g/mol. The van der Waals surface area contributed by atoms with Crippen molar-refractivity contribution in [1.29, 1.82) is 0 Å². The van der Waals surface area contributed by atoms with E-state index in [2.05, 4.69) is 0 Å². The van der Waals surface area contributed by atoms with Crippen molar-refractivity contribution in [1.82, 2.24) is 0 Å². The van der Waals surface area contributed by atoms with Gasteiger partial charge in [0.2, 0.25) is 0 Å². The lowest BCUT2D eigenvalue weighted by molar-refractivity contribution is 0.0687. The topological polar surface area (TPSA) is 70.7 Å². The van der Waals surface area contributed by atoms with Gasteiger partial charge in [-0.2, -0.15) is 0 Å². The fraction of sp³-hybridized carbons (Fsp3) is 0.250. The van der Waals surface area contributed by atoms with Crippen LogP contribution in [0.3, 0.4) is 0 Å². The van der Waals surface area contributed by atoms with E-state index in [1.54, 1.807) is 11.3 Å². The molecule has 2 N–H and O–H groups in total. The van der Waals surface area contributed by atoms with Gasteiger partial charge in [-0.3, -0.25) is 0 Å². The molecule has 0 spiro atoms. The Balaban J connectivity index is 2.43. The maximum atomic E-state index is 10.9. The molecule has 0 aliphatic carbocycles. The quantitative estimate of drug-likeness (QED) is 0.881. The second-order valence-corrected chi connectivity index (χ2v) is 5.24. The molecule has 1 unspecified atom stereocenters. The number of carbonyl (C=O) groups is 1. The molecule has 0 aliphatic heterocycles. The molecule has 0 fully saturated rings. The number of aromatic carboxylic acids is 1. The van der Waals surface area contributed by atoms with Crippen LogP contribution in [0, 0.1) is 13.8 Å². The number of rotatable bonds is 3. The molecular formula is C12H12O4S. The third-order valence-electron chi connectivity index (χ3n) is 2.55. The van der Waals surface area contributed by atoms with Crippen LogP contribution >= 0.6 is 11.3 Å². The van der Waals surface area contributed by atoms with Crippen molar-refractivity contribution >= 4 is 17.3 Å². The highest BCUT2D eigenvalue weighted by atomic mass is 32.1. The van der Waals surface area contributed by atoms with Gasteiger partial charge >= 0.3 is 5.97 Å². The summed E-state index contributed by atoms with van der Waals surface area (Å²) >= 11 is 1.56. The van der Waals surface area contributed by atoms with Gasteiger partial charge in [-0.05, 0) is 26.0 Å². The number of hydrogen-bond acceptors (Lipinski definition) is 4. The van der Waals surface area contributed by atoms with Gasteiger partial charge in [0.05, 0.1) is 6.26 Å². The molecule has 5 heteroatoms. The first kappa shape index (κ1) is 11.9. The minimum Gasteiger partial charge on any atom is -0.478 e. The van der Waals surface area contributed by atoms with Gasteiger partial charge in [0.25, 0.3) is 0 Å². The second kappa shape index (κ2) is 4.35. The van der Waals surface area contributed by atoms with Crippen LogP contribution in [-0.4, -0.2) is 16.2 Å². The zero-order valence-corrected chi connectivity index (χ0v) is 10.2. The van der Waals surface area contributed by atoms with Crippen LogP contribution < -0.4 is 0 Å². The van der Waals surface area contributed by atoms with E-state index in [0.29, 0.717) is 5.56 Å². The van der Waals surface area contributed by atoms with E-state index in [1.807, 2.05) is 19.9 Å². The monoisotopic (exact) mass is 252 g/mol. The Morgan fingerprint density at radius 3 is 2.71 bits per heavy atom. The molecule has 0 aromatic carbocycles. The van der Waals surface area contributed by atoms with Crippen LogP contribution in [0.25, 0.3) is 0 Å². The lowest BCUT2D eigenvalue weighted by Crippen LogP contribution is -2.05. The van der Waals surface area contributed by atoms with Crippen molar-refractivity contribution in [3.05, 3.63) is 45.0 Å². The van der Waals surface area contributed by atoms with Crippen molar-refractivity contribution in [2.24, 2.45) is 0 Å². The zero-order valence-electron chi connectivity index (χ0n) is 9.43. The number of thiophene rings is 1. The lowest BCUT2D eigenvalue weighted by atomic mass is 10.1. The molecule has 0 amide bonds. The summed E-state index contributed by atoms with van der Waals surface area (Å²) in [6.45, 7) is 3.83. The van der Waals surface area contributed by atoms with Crippen molar-refractivity contribution < 1.29 is 19.4 Å². The van der Waals surface area contributed by atoms with Gasteiger partial charge in [-0.1, -0.05) is 0 Å². The molecule has 2 aromatic heterocycles. The van der Waals surface area contributed by atoms with Crippen molar-refractivity contribution in [3.63, 3.8) is 0 Å². The van der Waals surface area contributed by atoms with Gasteiger partial charge < -0.3 is 14.6 Å². The fourth-order valence-corrected chi connectivity index (χ4v) is 2.73. The Morgan fingerprint density at radius 1 is 1.47 bits per heavy atom. The smallest absolute Gasteiger partial charge is 0.339 e. The third kappa shape index (κ3) is 2.11. The summed E-state index contributed by atoms with van der Waals surface area (Å²) in [6, 6.07) is 3.19. The maximum absolute atomic E-state index is 10.9. The van der Waals surface area contributed by atoms with Gasteiger partial charge in [0, 0.05) is 15.3 Å². The molecule has 0 saturated carbocycles. The molecule has 2 aromatic rings. The summed E-state index contributed by atoms with van der Waals surface area (Å²) in [6.07, 6.45) is 0.248. The van der Waals surface area contributed by atoms with E-state index in [-0.39, 0.29) is 11.3 Å². The summed E-state index contributed by atoms with van der Waals surface area (Å²) in [5.41, 5.74) is 0.700. The molecule has 90 valence electrons. The van der Waals surface area contributed by atoms with Crippen LogP contribution in [0.15, 0.2) is 22.8 Å². The van der Waals surface area contributed by atoms with E-state index >= 15 is 0 Å². The Labute approximate surface area is 102 Å². The van der Waals surface area contributed by atoms with Crippen molar-refractivity contribution in [3.8, 4) is 0 Å². The minimum absolute atomic E-state index is 0.000697. The van der Waals surface area contributed by atoms with E-state index in [1.165, 1.54) is 12.3 Å². The molecule has 0 saturated heterocycles. The summed E-state index contributed by atoms with van der Waals surface area (Å²) < 4.78 is 5.08. The zero-order chi connectivity index (χ0) is 12.6.